The number of halogens is 2. The molecular formula is C29H30F2N4O7S2. The SMILES string of the molecule is CS(=O)(=O)O.CS(=O)(=O)O.N#Cc1cccc(-c2ccc3ncc(-c4cc(F)cc(F)c4)c(N4CCC(N)CC4)c3c2)c1O. The number of benzene rings is 3. The maximum Gasteiger partial charge on any atom is 0.261 e. The quantitative estimate of drug-likeness (QED) is 0.231. The molecule has 1 aliphatic heterocycles. The highest BCUT2D eigenvalue weighted by atomic mass is 32.2. The Labute approximate surface area is 253 Å². The van der Waals surface area contributed by atoms with Crippen molar-refractivity contribution >= 4 is 36.8 Å². The molecule has 1 saturated heterocycles. The lowest BCUT2D eigenvalue weighted by Gasteiger charge is -2.34. The van der Waals surface area contributed by atoms with E-state index in [0.29, 0.717) is 53.4 Å². The number of phenols is 1. The third-order valence-electron chi connectivity index (χ3n) is 6.34. The molecule has 0 bridgehead atoms. The summed E-state index contributed by atoms with van der Waals surface area (Å²) in [5, 5.41) is 20.7. The molecule has 11 nitrogen and oxygen atoms in total. The van der Waals surface area contributed by atoms with Gasteiger partial charge in [0.15, 0.2) is 0 Å². The summed E-state index contributed by atoms with van der Waals surface area (Å²) in [6.07, 6.45) is 4.67. The van der Waals surface area contributed by atoms with E-state index in [4.69, 9.17) is 14.8 Å². The minimum absolute atomic E-state index is 0.0915. The van der Waals surface area contributed by atoms with Crippen LogP contribution in [0.25, 0.3) is 33.2 Å². The Morgan fingerprint density at radius 3 is 2.02 bits per heavy atom. The molecule has 3 aromatic carbocycles. The first-order chi connectivity index (χ1) is 20.4. The number of piperidine rings is 1. The van der Waals surface area contributed by atoms with Crippen LogP contribution in [0.2, 0.25) is 0 Å². The van der Waals surface area contributed by atoms with Crippen LogP contribution in [0, 0.1) is 23.0 Å². The fourth-order valence-corrected chi connectivity index (χ4v) is 4.60. The average Bonchev–Trinajstić information content (AvgIpc) is 2.90. The predicted octanol–water partition coefficient (Wildman–Crippen LogP) is 4.36. The highest BCUT2D eigenvalue weighted by molar-refractivity contribution is 7.85. The molecule has 0 unspecified atom stereocenters. The van der Waals surface area contributed by atoms with Crippen LogP contribution < -0.4 is 10.6 Å². The van der Waals surface area contributed by atoms with Gasteiger partial charge in [0, 0.05) is 47.9 Å². The molecule has 0 aliphatic carbocycles. The summed E-state index contributed by atoms with van der Waals surface area (Å²) in [7, 11) is -7.33. The number of hydrogen-bond acceptors (Lipinski definition) is 9. The van der Waals surface area contributed by atoms with Gasteiger partial charge in [-0.1, -0.05) is 18.2 Å². The van der Waals surface area contributed by atoms with Crippen molar-refractivity contribution in [1.29, 1.82) is 5.26 Å². The number of nitrogens with zero attached hydrogens (tertiary/aromatic N) is 3. The van der Waals surface area contributed by atoms with Crippen molar-refractivity contribution in [1.82, 2.24) is 4.98 Å². The monoisotopic (exact) mass is 648 g/mol. The number of pyridine rings is 1. The van der Waals surface area contributed by atoms with Gasteiger partial charge in [0.05, 0.1) is 29.3 Å². The summed E-state index contributed by atoms with van der Waals surface area (Å²) in [4.78, 5) is 6.75. The van der Waals surface area contributed by atoms with Gasteiger partial charge in [0.2, 0.25) is 0 Å². The molecule has 0 radical (unpaired) electrons. The van der Waals surface area contributed by atoms with Gasteiger partial charge in [-0.3, -0.25) is 14.1 Å². The summed E-state index contributed by atoms with van der Waals surface area (Å²) in [5.74, 6) is -1.41. The first-order valence-electron chi connectivity index (χ1n) is 12.9. The number of nitriles is 1. The number of rotatable bonds is 3. The van der Waals surface area contributed by atoms with Crippen LogP contribution in [-0.2, 0) is 20.2 Å². The fraction of sp³-hybridized carbons (Fsp3) is 0.241. The molecule has 0 saturated carbocycles. The Kier molecular flexibility index (Phi) is 11.0. The highest BCUT2D eigenvalue weighted by Gasteiger charge is 2.23. The molecule has 0 atom stereocenters. The van der Waals surface area contributed by atoms with Gasteiger partial charge in [-0.2, -0.15) is 22.1 Å². The van der Waals surface area contributed by atoms with E-state index in [1.165, 1.54) is 12.1 Å². The lowest BCUT2D eigenvalue weighted by atomic mass is 9.95. The van der Waals surface area contributed by atoms with Crippen LogP contribution in [-0.4, -0.2) is 67.7 Å². The molecule has 44 heavy (non-hydrogen) atoms. The molecule has 1 fully saturated rings. The largest absolute Gasteiger partial charge is 0.506 e. The van der Waals surface area contributed by atoms with Crippen LogP contribution in [0.15, 0.2) is 60.8 Å². The van der Waals surface area contributed by atoms with Crippen molar-refractivity contribution in [2.75, 3.05) is 30.5 Å². The first kappa shape index (κ1) is 34.3. The molecule has 1 aliphatic rings. The number of para-hydroxylation sites is 1. The van der Waals surface area contributed by atoms with Crippen LogP contribution >= 0.6 is 0 Å². The smallest absolute Gasteiger partial charge is 0.261 e. The third-order valence-corrected chi connectivity index (χ3v) is 6.34. The zero-order valence-corrected chi connectivity index (χ0v) is 25.3. The normalized spacial score (nSPS) is 13.7. The lowest BCUT2D eigenvalue weighted by molar-refractivity contribution is 0.475. The molecule has 0 amide bonds. The molecular weight excluding hydrogens is 618 g/mol. The van der Waals surface area contributed by atoms with Gasteiger partial charge < -0.3 is 15.7 Å². The Hall–Kier alpha value is -4.20. The molecule has 234 valence electrons. The van der Waals surface area contributed by atoms with Crippen LogP contribution in [0.5, 0.6) is 5.75 Å². The van der Waals surface area contributed by atoms with E-state index in [1.54, 1.807) is 24.4 Å². The zero-order valence-electron chi connectivity index (χ0n) is 23.6. The summed E-state index contributed by atoms with van der Waals surface area (Å²) >= 11 is 0. The van der Waals surface area contributed by atoms with Gasteiger partial charge in [-0.25, -0.2) is 8.78 Å². The Balaban J connectivity index is 0.000000461. The average molecular weight is 649 g/mol. The van der Waals surface area contributed by atoms with E-state index in [9.17, 15) is 36.0 Å². The van der Waals surface area contributed by atoms with Gasteiger partial charge in [0.25, 0.3) is 20.2 Å². The summed E-state index contributed by atoms with van der Waals surface area (Å²) in [6.45, 7) is 1.40. The maximum absolute atomic E-state index is 14.1. The van der Waals surface area contributed by atoms with Crippen molar-refractivity contribution in [3.8, 4) is 34.1 Å². The number of aromatic nitrogens is 1. The van der Waals surface area contributed by atoms with Crippen molar-refractivity contribution in [3.05, 3.63) is 78.0 Å². The summed E-state index contributed by atoms with van der Waals surface area (Å²) in [5.41, 5.74) is 10.1. The Morgan fingerprint density at radius 1 is 0.909 bits per heavy atom. The molecule has 4 aromatic rings. The fourth-order valence-electron chi connectivity index (χ4n) is 4.60. The van der Waals surface area contributed by atoms with Gasteiger partial charge in [-0.15, -0.1) is 0 Å². The minimum Gasteiger partial charge on any atom is -0.506 e. The number of hydrogen-bond donors (Lipinski definition) is 4. The highest BCUT2D eigenvalue weighted by Crippen LogP contribution is 2.41. The van der Waals surface area contributed by atoms with Crippen molar-refractivity contribution in [2.45, 2.75) is 18.9 Å². The van der Waals surface area contributed by atoms with Gasteiger partial charge >= 0.3 is 0 Å². The van der Waals surface area contributed by atoms with E-state index < -0.39 is 31.9 Å². The number of nitrogens with two attached hydrogens (primary N) is 1. The third kappa shape index (κ3) is 9.93. The zero-order chi connectivity index (χ0) is 32.8. The van der Waals surface area contributed by atoms with Crippen LogP contribution in [0.1, 0.15) is 18.4 Å². The van der Waals surface area contributed by atoms with E-state index in [1.807, 2.05) is 24.3 Å². The number of anilines is 1. The standard InChI is InChI=1S/C27H22F2N4O.2CH4O3S/c28-19-10-18(11-20(29)13-19)24-15-32-25-5-4-16(22-3-1-2-17(14-30)27(22)34)12-23(25)26(24)33-8-6-21(31)7-9-33;2*1-5(2,3)4/h1-5,10-13,15,21,34H,6-9,31H2;2*1H3,(H,2,3,4). The number of phenolic OH excluding ortho intramolecular Hbond substituents is 1. The maximum atomic E-state index is 14.1. The van der Waals surface area contributed by atoms with Crippen LogP contribution in [0.4, 0.5) is 14.5 Å². The molecule has 5 N–H and O–H groups in total. The van der Waals surface area contributed by atoms with E-state index in [-0.39, 0.29) is 17.4 Å². The lowest BCUT2D eigenvalue weighted by Crippen LogP contribution is -2.40. The second-order valence-electron chi connectivity index (χ2n) is 10.0. The van der Waals surface area contributed by atoms with E-state index >= 15 is 0 Å². The predicted molar refractivity (Wildman–Crippen MR) is 163 cm³/mol. The Bertz CT molecular complexity index is 1860. The van der Waals surface area contributed by atoms with Crippen molar-refractivity contribution in [2.24, 2.45) is 5.73 Å². The second kappa shape index (κ2) is 14.1. The number of fused-ring (bicyclic) bond motifs is 1. The molecule has 15 heteroatoms. The minimum atomic E-state index is -3.67. The topological polar surface area (TPSA) is 195 Å². The second-order valence-corrected chi connectivity index (χ2v) is 12.9. The van der Waals surface area contributed by atoms with Gasteiger partial charge in [0.1, 0.15) is 23.5 Å². The molecule has 2 heterocycles. The van der Waals surface area contributed by atoms with E-state index in [2.05, 4.69) is 9.88 Å². The summed E-state index contributed by atoms with van der Waals surface area (Å²) in [6, 6.07) is 16.2. The molecule has 0 spiro atoms. The number of aromatic hydroxyl groups is 1. The molecule has 5 rings (SSSR count). The van der Waals surface area contributed by atoms with Crippen molar-refractivity contribution < 1.29 is 39.8 Å². The van der Waals surface area contributed by atoms with E-state index in [0.717, 1.165) is 30.0 Å². The molecule has 1 aromatic heterocycles. The first-order valence-corrected chi connectivity index (χ1v) is 16.6. The summed E-state index contributed by atoms with van der Waals surface area (Å²) < 4.78 is 80.0. The Morgan fingerprint density at radius 2 is 1.48 bits per heavy atom. The van der Waals surface area contributed by atoms with Crippen molar-refractivity contribution in [3.63, 3.8) is 0 Å². The van der Waals surface area contributed by atoms with Gasteiger partial charge in [-0.05, 0) is 54.3 Å². The van der Waals surface area contributed by atoms with Crippen LogP contribution in [0.3, 0.4) is 0 Å².